The third-order valence-corrected chi connectivity index (χ3v) is 3.05. The number of nitrogens with one attached hydrogen (secondary N) is 1. The molecule has 1 unspecified atom stereocenters. The van der Waals surface area contributed by atoms with Crippen molar-refractivity contribution in [3.63, 3.8) is 0 Å². The number of hydrogen-bond acceptors (Lipinski definition) is 4. The summed E-state index contributed by atoms with van der Waals surface area (Å²) in [5, 5.41) is 14.0. The summed E-state index contributed by atoms with van der Waals surface area (Å²) in [7, 11) is 0. The Labute approximate surface area is 115 Å². The first-order valence-corrected chi connectivity index (χ1v) is 6.10. The van der Waals surface area contributed by atoms with Crippen molar-refractivity contribution < 1.29 is 9.31 Å². The molecular formula is C14H14FN3O2. The fraction of sp³-hybridized carbons (Fsp3) is 0.214. The summed E-state index contributed by atoms with van der Waals surface area (Å²) < 4.78 is 13.4. The van der Waals surface area contributed by atoms with E-state index in [2.05, 4.69) is 10.3 Å². The van der Waals surface area contributed by atoms with E-state index in [0.29, 0.717) is 11.3 Å². The fourth-order valence-corrected chi connectivity index (χ4v) is 1.91. The first kappa shape index (κ1) is 13.9. The highest BCUT2D eigenvalue weighted by Gasteiger charge is 2.18. The molecule has 0 fully saturated rings. The molecular weight excluding hydrogens is 261 g/mol. The van der Waals surface area contributed by atoms with Crippen molar-refractivity contribution in [2.24, 2.45) is 0 Å². The number of pyridine rings is 1. The second-order valence-electron chi connectivity index (χ2n) is 4.52. The van der Waals surface area contributed by atoms with Crippen LogP contribution in [0.15, 0.2) is 36.7 Å². The predicted octanol–water partition coefficient (Wildman–Crippen LogP) is 3.61. The zero-order valence-corrected chi connectivity index (χ0v) is 11.1. The third kappa shape index (κ3) is 2.90. The molecule has 0 aliphatic heterocycles. The lowest BCUT2D eigenvalue weighted by atomic mass is 10.1. The van der Waals surface area contributed by atoms with Crippen LogP contribution in [0.2, 0.25) is 0 Å². The summed E-state index contributed by atoms with van der Waals surface area (Å²) >= 11 is 0. The fourth-order valence-electron chi connectivity index (χ4n) is 1.91. The number of rotatable bonds is 4. The maximum absolute atomic E-state index is 13.4. The molecule has 0 aliphatic rings. The van der Waals surface area contributed by atoms with E-state index in [1.54, 1.807) is 19.3 Å². The van der Waals surface area contributed by atoms with Crippen LogP contribution in [0.4, 0.5) is 15.8 Å². The molecule has 5 nitrogen and oxygen atoms in total. The van der Waals surface area contributed by atoms with E-state index in [4.69, 9.17) is 0 Å². The highest BCUT2D eigenvalue weighted by Crippen LogP contribution is 2.30. The normalized spacial score (nSPS) is 11.9. The van der Waals surface area contributed by atoms with E-state index >= 15 is 0 Å². The summed E-state index contributed by atoms with van der Waals surface area (Å²) in [5.74, 6) is -0.584. The lowest BCUT2D eigenvalue weighted by Crippen LogP contribution is -2.09. The summed E-state index contributed by atoms with van der Waals surface area (Å²) in [5.41, 5.74) is 1.34. The summed E-state index contributed by atoms with van der Waals surface area (Å²) in [6.07, 6.45) is 3.30. The molecule has 6 heteroatoms. The van der Waals surface area contributed by atoms with Crippen molar-refractivity contribution in [3.05, 3.63) is 63.7 Å². The van der Waals surface area contributed by atoms with Crippen molar-refractivity contribution >= 4 is 11.4 Å². The molecule has 2 aromatic rings. The molecule has 2 rings (SSSR count). The second-order valence-corrected chi connectivity index (χ2v) is 4.52. The van der Waals surface area contributed by atoms with Crippen LogP contribution in [0.1, 0.15) is 24.1 Å². The van der Waals surface area contributed by atoms with Gasteiger partial charge in [-0.3, -0.25) is 15.1 Å². The van der Waals surface area contributed by atoms with Crippen molar-refractivity contribution in [3.8, 4) is 0 Å². The van der Waals surface area contributed by atoms with Gasteiger partial charge in [0.15, 0.2) is 0 Å². The average molecular weight is 275 g/mol. The smallest absolute Gasteiger partial charge is 0.295 e. The Morgan fingerprint density at radius 1 is 1.35 bits per heavy atom. The maximum atomic E-state index is 13.4. The standard InChI is InChI=1S/C14H14FN3O2/c1-9-7-13(14(18(19)20)8-12(9)15)17-10(2)11-3-5-16-6-4-11/h3-8,10,17H,1-2H3. The van der Waals surface area contributed by atoms with Crippen molar-refractivity contribution in [1.29, 1.82) is 0 Å². The van der Waals surface area contributed by atoms with Crippen molar-refractivity contribution in [1.82, 2.24) is 4.98 Å². The quantitative estimate of drug-likeness (QED) is 0.683. The van der Waals surface area contributed by atoms with Gasteiger partial charge in [0, 0.05) is 18.4 Å². The number of halogens is 1. The van der Waals surface area contributed by atoms with Gasteiger partial charge < -0.3 is 5.32 Å². The molecule has 20 heavy (non-hydrogen) atoms. The lowest BCUT2D eigenvalue weighted by molar-refractivity contribution is -0.384. The molecule has 0 radical (unpaired) electrons. The minimum atomic E-state index is -0.593. The molecule has 0 spiro atoms. The van der Waals surface area contributed by atoms with Crippen LogP contribution in [-0.4, -0.2) is 9.91 Å². The largest absolute Gasteiger partial charge is 0.373 e. The van der Waals surface area contributed by atoms with E-state index < -0.39 is 10.7 Å². The number of nitro benzene ring substituents is 1. The van der Waals surface area contributed by atoms with Gasteiger partial charge in [-0.25, -0.2) is 4.39 Å². The number of aryl methyl sites for hydroxylation is 1. The predicted molar refractivity (Wildman–Crippen MR) is 74.1 cm³/mol. The van der Waals surface area contributed by atoms with Crippen LogP contribution in [0.25, 0.3) is 0 Å². The molecule has 1 heterocycles. The average Bonchev–Trinajstić information content (AvgIpc) is 2.43. The number of anilines is 1. The van der Waals surface area contributed by atoms with Gasteiger partial charge in [0.05, 0.1) is 11.0 Å². The molecule has 0 saturated carbocycles. The SMILES string of the molecule is Cc1cc(NC(C)c2ccncc2)c([N+](=O)[O-])cc1F. The Bertz CT molecular complexity index is 632. The Kier molecular flexibility index (Phi) is 3.93. The Hall–Kier alpha value is -2.50. The van der Waals surface area contributed by atoms with Gasteiger partial charge in [0.1, 0.15) is 11.5 Å². The maximum Gasteiger partial charge on any atom is 0.295 e. The molecule has 0 amide bonds. The van der Waals surface area contributed by atoms with Crippen LogP contribution in [-0.2, 0) is 0 Å². The van der Waals surface area contributed by atoms with Gasteiger partial charge in [0.2, 0.25) is 0 Å². The molecule has 1 atom stereocenters. The van der Waals surface area contributed by atoms with Crippen LogP contribution in [0.3, 0.4) is 0 Å². The molecule has 1 aromatic carbocycles. The van der Waals surface area contributed by atoms with E-state index in [1.807, 2.05) is 19.1 Å². The van der Waals surface area contributed by atoms with Crippen LogP contribution >= 0.6 is 0 Å². The zero-order valence-electron chi connectivity index (χ0n) is 11.1. The van der Waals surface area contributed by atoms with Gasteiger partial charge in [-0.2, -0.15) is 0 Å². The van der Waals surface area contributed by atoms with Crippen LogP contribution in [0.5, 0.6) is 0 Å². The molecule has 0 aliphatic carbocycles. The minimum Gasteiger partial charge on any atom is -0.373 e. The van der Waals surface area contributed by atoms with Gasteiger partial charge >= 0.3 is 0 Å². The highest BCUT2D eigenvalue weighted by atomic mass is 19.1. The summed E-state index contributed by atoms with van der Waals surface area (Å²) in [6.45, 7) is 3.44. The zero-order chi connectivity index (χ0) is 14.7. The van der Waals surface area contributed by atoms with Crippen LogP contribution in [0, 0.1) is 22.9 Å². The second kappa shape index (κ2) is 5.64. The number of nitrogens with zero attached hydrogens (tertiary/aromatic N) is 2. The van der Waals surface area contributed by atoms with Crippen molar-refractivity contribution in [2.75, 3.05) is 5.32 Å². The van der Waals surface area contributed by atoms with Gasteiger partial charge in [-0.15, -0.1) is 0 Å². The van der Waals surface area contributed by atoms with E-state index in [0.717, 1.165) is 11.6 Å². The molecule has 104 valence electrons. The van der Waals surface area contributed by atoms with Gasteiger partial charge in [-0.1, -0.05) is 0 Å². The third-order valence-electron chi connectivity index (χ3n) is 3.05. The van der Waals surface area contributed by atoms with E-state index in [1.165, 1.54) is 6.07 Å². The highest BCUT2D eigenvalue weighted by molar-refractivity contribution is 5.63. The molecule has 0 saturated heterocycles. The number of nitro groups is 1. The van der Waals surface area contributed by atoms with Crippen molar-refractivity contribution in [2.45, 2.75) is 19.9 Å². The molecule has 0 bridgehead atoms. The summed E-state index contributed by atoms with van der Waals surface area (Å²) in [6, 6.07) is 5.88. The monoisotopic (exact) mass is 275 g/mol. The van der Waals surface area contributed by atoms with E-state index in [-0.39, 0.29) is 11.7 Å². The minimum absolute atomic E-state index is 0.151. The van der Waals surface area contributed by atoms with Crippen LogP contribution < -0.4 is 5.32 Å². The van der Waals surface area contributed by atoms with Gasteiger partial charge in [-0.05, 0) is 43.2 Å². The Balaban J connectivity index is 2.33. The molecule has 1 N–H and O–H groups in total. The van der Waals surface area contributed by atoms with E-state index in [9.17, 15) is 14.5 Å². The van der Waals surface area contributed by atoms with Gasteiger partial charge in [0.25, 0.3) is 5.69 Å². The lowest BCUT2D eigenvalue weighted by Gasteiger charge is -2.16. The number of hydrogen-bond donors (Lipinski definition) is 1. The number of aromatic nitrogens is 1. The number of benzene rings is 1. The Morgan fingerprint density at radius 2 is 2.00 bits per heavy atom. The summed E-state index contributed by atoms with van der Waals surface area (Å²) in [4.78, 5) is 14.3. The Morgan fingerprint density at radius 3 is 2.60 bits per heavy atom. The molecule has 1 aromatic heterocycles. The topological polar surface area (TPSA) is 68.1 Å². The first-order valence-electron chi connectivity index (χ1n) is 6.10. The first-order chi connectivity index (χ1) is 9.49.